The van der Waals surface area contributed by atoms with Crippen molar-refractivity contribution < 1.29 is 18.8 Å². The van der Waals surface area contributed by atoms with Crippen LogP contribution in [0.4, 0.5) is 0 Å². The summed E-state index contributed by atoms with van der Waals surface area (Å²) >= 11 is 5.95. The van der Waals surface area contributed by atoms with E-state index in [9.17, 15) is 5.11 Å². The lowest BCUT2D eigenvalue weighted by Crippen LogP contribution is -2.26. The molecule has 0 unspecified atom stereocenters. The fraction of sp³-hybridized carbons (Fsp3) is 0.190. The van der Waals surface area contributed by atoms with Gasteiger partial charge in [-0.3, -0.25) is 0 Å². The van der Waals surface area contributed by atoms with Gasteiger partial charge in [0, 0.05) is 29.6 Å². The molecule has 0 bridgehead atoms. The van der Waals surface area contributed by atoms with Crippen molar-refractivity contribution in [2.75, 3.05) is 19.7 Å². The van der Waals surface area contributed by atoms with Crippen LogP contribution in [0.3, 0.4) is 0 Å². The van der Waals surface area contributed by atoms with Gasteiger partial charge in [-0.2, -0.15) is 0 Å². The van der Waals surface area contributed by atoms with Crippen LogP contribution in [-0.4, -0.2) is 30.0 Å². The van der Waals surface area contributed by atoms with E-state index in [-0.39, 0.29) is 0 Å². The molecule has 2 heterocycles. The highest BCUT2D eigenvalue weighted by atomic mass is 35.5. The number of aliphatic hydroxyl groups is 1. The summed E-state index contributed by atoms with van der Waals surface area (Å²) in [5.41, 5.74) is 2.20. The zero-order valence-corrected chi connectivity index (χ0v) is 15.7. The van der Waals surface area contributed by atoms with E-state index >= 15 is 0 Å². The van der Waals surface area contributed by atoms with Crippen LogP contribution in [0.2, 0.25) is 5.02 Å². The summed E-state index contributed by atoms with van der Waals surface area (Å²) in [6, 6.07) is 16.5. The Kier molecular flexibility index (Phi) is 5.62. The first-order chi connectivity index (χ1) is 13.7. The molecule has 0 saturated heterocycles. The fourth-order valence-corrected chi connectivity index (χ4v) is 3.09. The summed E-state index contributed by atoms with van der Waals surface area (Å²) in [7, 11) is 0. The number of ether oxygens (including phenoxy) is 1. The van der Waals surface area contributed by atoms with Crippen LogP contribution < -0.4 is 10.1 Å². The molecule has 0 spiro atoms. The lowest BCUT2D eigenvalue weighted by molar-refractivity contribution is 0.172. The van der Waals surface area contributed by atoms with E-state index in [1.54, 1.807) is 18.2 Å². The Balaban J connectivity index is 1.27. The molecule has 1 atom stereocenters. The number of furan rings is 1. The van der Waals surface area contributed by atoms with Gasteiger partial charge in [-0.1, -0.05) is 28.9 Å². The zero-order chi connectivity index (χ0) is 19.3. The number of aliphatic hydroxyl groups excluding tert-OH is 1. The molecular formula is C21H19ClN2O4. The highest BCUT2D eigenvalue weighted by Crippen LogP contribution is 2.29. The molecule has 7 heteroatoms. The minimum absolute atomic E-state index is 0.422. The van der Waals surface area contributed by atoms with Crippen molar-refractivity contribution >= 4 is 22.6 Å². The molecule has 0 radical (unpaired) electrons. The second-order valence-corrected chi connectivity index (χ2v) is 6.75. The fourth-order valence-electron chi connectivity index (χ4n) is 2.89. The van der Waals surface area contributed by atoms with E-state index < -0.39 is 6.10 Å². The molecule has 0 aliphatic rings. The van der Waals surface area contributed by atoms with Crippen molar-refractivity contribution in [1.29, 1.82) is 0 Å². The molecule has 0 aliphatic heterocycles. The third kappa shape index (κ3) is 4.36. The summed E-state index contributed by atoms with van der Waals surface area (Å²) in [6.45, 7) is 1.50. The zero-order valence-electron chi connectivity index (χ0n) is 15.0. The van der Waals surface area contributed by atoms with Crippen molar-refractivity contribution in [3.8, 4) is 17.2 Å². The van der Waals surface area contributed by atoms with Gasteiger partial charge in [-0.05, 0) is 42.0 Å². The Morgan fingerprint density at radius 1 is 1.14 bits per heavy atom. The summed E-state index contributed by atoms with van der Waals surface area (Å²) < 4.78 is 16.4. The van der Waals surface area contributed by atoms with E-state index in [2.05, 4.69) is 10.5 Å². The van der Waals surface area contributed by atoms with Crippen LogP contribution in [-0.2, 0) is 0 Å². The van der Waals surface area contributed by atoms with Gasteiger partial charge in [-0.15, -0.1) is 0 Å². The molecule has 2 aromatic carbocycles. The van der Waals surface area contributed by atoms with Gasteiger partial charge in [0.15, 0.2) is 5.76 Å². The number of hydrogen-bond acceptors (Lipinski definition) is 6. The maximum Gasteiger partial charge on any atom is 0.157 e. The van der Waals surface area contributed by atoms with Crippen molar-refractivity contribution in [1.82, 2.24) is 10.5 Å². The van der Waals surface area contributed by atoms with E-state index in [1.165, 1.54) is 6.26 Å². The lowest BCUT2D eigenvalue weighted by atomic mass is 10.1. The highest BCUT2D eigenvalue weighted by molar-refractivity contribution is 6.30. The van der Waals surface area contributed by atoms with Crippen LogP contribution >= 0.6 is 11.6 Å². The Labute approximate surface area is 166 Å². The normalized spacial score (nSPS) is 12.4. The number of hydrogen-bond donors (Lipinski definition) is 2. The van der Waals surface area contributed by atoms with Crippen LogP contribution in [0.1, 0.15) is 11.7 Å². The summed E-state index contributed by atoms with van der Waals surface area (Å²) in [5.74, 6) is 1.40. The first-order valence-corrected chi connectivity index (χ1v) is 9.28. The number of fused-ring (bicyclic) bond motifs is 1. The Bertz CT molecular complexity index is 1050. The molecule has 0 saturated carbocycles. The van der Waals surface area contributed by atoms with Crippen LogP contribution in [0.15, 0.2) is 69.8 Å². The second-order valence-electron chi connectivity index (χ2n) is 6.32. The van der Waals surface area contributed by atoms with Gasteiger partial charge in [0.05, 0.1) is 6.10 Å². The molecular weight excluding hydrogens is 380 g/mol. The minimum Gasteiger partial charge on any atom is -0.492 e. The molecule has 2 aromatic heterocycles. The van der Waals surface area contributed by atoms with E-state index in [1.807, 2.05) is 36.4 Å². The van der Waals surface area contributed by atoms with Crippen LogP contribution in [0.5, 0.6) is 5.75 Å². The maximum atomic E-state index is 10.2. The molecule has 0 fully saturated rings. The SMILES string of the molecule is O[C@@H](CNCCOc1ccc2oc(-c3ccon3)cc2c1)c1cccc(Cl)c1. The quantitative estimate of drug-likeness (QED) is 0.427. The second kappa shape index (κ2) is 8.48. The van der Waals surface area contributed by atoms with Crippen molar-refractivity contribution in [2.24, 2.45) is 0 Å². The van der Waals surface area contributed by atoms with Gasteiger partial charge in [0.1, 0.15) is 29.9 Å². The van der Waals surface area contributed by atoms with Crippen molar-refractivity contribution in [2.45, 2.75) is 6.10 Å². The van der Waals surface area contributed by atoms with E-state index in [4.69, 9.17) is 25.3 Å². The van der Waals surface area contributed by atoms with E-state index in [0.29, 0.717) is 36.2 Å². The first kappa shape index (κ1) is 18.6. The monoisotopic (exact) mass is 398 g/mol. The molecule has 4 rings (SSSR count). The first-order valence-electron chi connectivity index (χ1n) is 8.90. The minimum atomic E-state index is -0.615. The average Bonchev–Trinajstić information content (AvgIpc) is 3.36. The Hall–Kier alpha value is -2.80. The molecule has 6 nitrogen and oxygen atoms in total. The Morgan fingerprint density at radius 3 is 2.89 bits per heavy atom. The van der Waals surface area contributed by atoms with Gasteiger partial charge in [0.2, 0.25) is 0 Å². The molecule has 4 aromatic rings. The predicted molar refractivity (Wildman–Crippen MR) is 106 cm³/mol. The van der Waals surface area contributed by atoms with Crippen LogP contribution in [0.25, 0.3) is 22.4 Å². The summed E-state index contributed by atoms with van der Waals surface area (Å²) in [4.78, 5) is 0. The third-order valence-corrected chi connectivity index (χ3v) is 4.53. The highest BCUT2D eigenvalue weighted by Gasteiger charge is 2.10. The van der Waals surface area contributed by atoms with Gasteiger partial charge >= 0.3 is 0 Å². The molecule has 0 amide bonds. The standard InChI is InChI=1S/C21H19ClN2O4/c22-16-3-1-2-14(10-16)19(25)13-23-7-9-26-17-4-5-20-15(11-17)12-21(28-20)18-6-8-27-24-18/h1-6,8,10-12,19,23,25H,7,9,13H2/t19-/m0/s1. The van der Waals surface area contributed by atoms with Gasteiger partial charge in [-0.25, -0.2) is 0 Å². The van der Waals surface area contributed by atoms with Crippen molar-refractivity contribution in [3.63, 3.8) is 0 Å². The molecule has 28 heavy (non-hydrogen) atoms. The van der Waals surface area contributed by atoms with E-state index in [0.717, 1.165) is 22.3 Å². The number of nitrogens with zero attached hydrogens (tertiary/aromatic N) is 1. The van der Waals surface area contributed by atoms with Gasteiger partial charge < -0.3 is 24.1 Å². The number of aromatic nitrogens is 1. The van der Waals surface area contributed by atoms with Crippen molar-refractivity contribution in [3.05, 3.63) is 71.4 Å². The summed E-state index contributed by atoms with van der Waals surface area (Å²) in [6.07, 6.45) is 0.892. The largest absolute Gasteiger partial charge is 0.492 e. The average molecular weight is 399 g/mol. The lowest BCUT2D eigenvalue weighted by Gasteiger charge is -2.13. The number of halogens is 1. The predicted octanol–water partition coefficient (Wildman–Crippen LogP) is 4.44. The molecule has 2 N–H and O–H groups in total. The molecule has 0 aliphatic carbocycles. The maximum absolute atomic E-state index is 10.2. The number of nitrogens with one attached hydrogen (secondary N) is 1. The van der Waals surface area contributed by atoms with Crippen LogP contribution in [0, 0.1) is 0 Å². The number of benzene rings is 2. The smallest absolute Gasteiger partial charge is 0.157 e. The molecule has 144 valence electrons. The van der Waals surface area contributed by atoms with Gasteiger partial charge in [0.25, 0.3) is 0 Å². The third-order valence-electron chi connectivity index (χ3n) is 4.30. The Morgan fingerprint density at radius 2 is 2.07 bits per heavy atom. The topological polar surface area (TPSA) is 80.7 Å². The number of rotatable bonds is 8. The summed E-state index contributed by atoms with van der Waals surface area (Å²) in [5, 5.41) is 18.8.